The molecule has 1 heterocycles. The first-order valence-electron chi connectivity index (χ1n) is 23.5. The van der Waals surface area contributed by atoms with Crippen molar-refractivity contribution in [1.82, 2.24) is 4.90 Å². The zero-order valence-electron chi connectivity index (χ0n) is 35.7. The monoisotopic (exact) mass is 768 g/mol. The van der Waals surface area contributed by atoms with Crippen molar-refractivity contribution in [2.45, 2.75) is 251 Å². The largest absolute Gasteiger partial charge is 0.481 e. The summed E-state index contributed by atoms with van der Waals surface area (Å²) >= 11 is 0. The van der Waals surface area contributed by atoms with Crippen LogP contribution in [0.25, 0.3) is 0 Å². The number of hydrogen-bond acceptors (Lipinski definition) is 7. The van der Waals surface area contributed by atoms with Gasteiger partial charge in [0.2, 0.25) is 0 Å². The van der Waals surface area contributed by atoms with E-state index in [1.807, 2.05) is 0 Å². The van der Waals surface area contributed by atoms with Crippen molar-refractivity contribution >= 4 is 11.9 Å². The Hall–Kier alpha value is -1.22. The van der Waals surface area contributed by atoms with E-state index >= 15 is 0 Å². The number of unbranched alkanes of at least 4 members (excludes halogenated alkanes) is 24. The van der Waals surface area contributed by atoms with Gasteiger partial charge in [-0.2, -0.15) is 0 Å². The third kappa shape index (κ3) is 31.9. The molecule has 0 saturated carbocycles. The predicted octanol–water partition coefficient (Wildman–Crippen LogP) is 12.3. The molecule has 320 valence electrons. The maximum Gasteiger partial charge on any atom is 0.305 e. The molecule has 1 saturated heterocycles. The standard InChI is InChI=1S/C46H89NO7/c1-3-5-7-9-11-15-18-22-31-41-52-45(51)35-27-23-29-37-47(39-40-48)38-30-28-36-46-53-42(32-24-19-10-8-6-4-2)43(54-46)33-25-20-16-13-12-14-17-21-26-34-44(49)50/h42-43,46,48H,3-41H2,1-2H3,(H,49,50). The molecule has 54 heavy (non-hydrogen) atoms. The number of nitrogens with zero attached hydrogens (tertiary/aromatic N) is 1. The minimum absolute atomic E-state index is 0.0516. The molecule has 8 heteroatoms. The third-order valence-corrected chi connectivity index (χ3v) is 11.2. The number of aliphatic hydroxyl groups excluding tert-OH is 1. The van der Waals surface area contributed by atoms with Gasteiger partial charge in [0.15, 0.2) is 6.29 Å². The molecule has 1 fully saturated rings. The van der Waals surface area contributed by atoms with Crippen LogP contribution in [-0.2, 0) is 23.8 Å². The first kappa shape index (κ1) is 50.8. The van der Waals surface area contributed by atoms with Crippen LogP contribution in [0.1, 0.15) is 232 Å². The van der Waals surface area contributed by atoms with Crippen molar-refractivity contribution in [1.29, 1.82) is 0 Å². The lowest BCUT2D eigenvalue weighted by Gasteiger charge is -2.21. The van der Waals surface area contributed by atoms with Gasteiger partial charge >= 0.3 is 11.9 Å². The molecule has 0 aromatic carbocycles. The highest BCUT2D eigenvalue weighted by atomic mass is 16.7. The van der Waals surface area contributed by atoms with Gasteiger partial charge in [-0.1, -0.05) is 162 Å². The van der Waals surface area contributed by atoms with Gasteiger partial charge in [0.05, 0.1) is 25.4 Å². The van der Waals surface area contributed by atoms with Crippen LogP contribution in [0.3, 0.4) is 0 Å². The maximum absolute atomic E-state index is 12.2. The van der Waals surface area contributed by atoms with Gasteiger partial charge in [0.1, 0.15) is 0 Å². The quantitative estimate of drug-likeness (QED) is 0.0467. The zero-order chi connectivity index (χ0) is 39.2. The van der Waals surface area contributed by atoms with Crippen LogP contribution in [0.4, 0.5) is 0 Å². The van der Waals surface area contributed by atoms with E-state index in [0.29, 0.717) is 26.0 Å². The number of aliphatic hydroxyl groups is 1. The molecule has 0 radical (unpaired) electrons. The van der Waals surface area contributed by atoms with E-state index in [9.17, 15) is 14.7 Å². The average molecular weight is 768 g/mol. The number of rotatable bonds is 42. The third-order valence-electron chi connectivity index (χ3n) is 11.2. The van der Waals surface area contributed by atoms with Crippen LogP contribution >= 0.6 is 0 Å². The molecule has 3 unspecified atom stereocenters. The molecule has 0 amide bonds. The van der Waals surface area contributed by atoms with Crippen molar-refractivity contribution in [3.05, 3.63) is 0 Å². The van der Waals surface area contributed by atoms with Crippen LogP contribution < -0.4 is 0 Å². The number of aliphatic carboxylic acids is 1. The average Bonchev–Trinajstić information content (AvgIpc) is 3.55. The molecule has 1 aliphatic heterocycles. The Morgan fingerprint density at radius 2 is 0.907 bits per heavy atom. The Bertz CT molecular complexity index is 827. The minimum atomic E-state index is -0.678. The number of carboxylic acid groups (broad SMARTS) is 1. The van der Waals surface area contributed by atoms with Gasteiger partial charge < -0.3 is 29.3 Å². The molecule has 0 bridgehead atoms. The second-order valence-corrected chi connectivity index (χ2v) is 16.4. The highest BCUT2D eigenvalue weighted by Gasteiger charge is 2.34. The van der Waals surface area contributed by atoms with E-state index in [1.54, 1.807) is 0 Å². The predicted molar refractivity (Wildman–Crippen MR) is 224 cm³/mol. The van der Waals surface area contributed by atoms with Gasteiger partial charge in [0, 0.05) is 19.4 Å². The number of carbonyl (C=O) groups excluding carboxylic acids is 1. The maximum atomic E-state index is 12.2. The Balaban J connectivity index is 2.22. The van der Waals surface area contributed by atoms with Crippen molar-refractivity contribution in [2.24, 2.45) is 0 Å². The lowest BCUT2D eigenvalue weighted by Crippen LogP contribution is -2.29. The molecule has 0 aromatic heterocycles. The fraction of sp³-hybridized carbons (Fsp3) is 0.957. The van der Waals surface area contributed by atoms with Crippen LogP contribution in [0.5, 0.6) is 0 Å². The number of carboxylic acids is 1. The van der Waals surface area contributed by atoms with Crippen LogP contribution in [0, 0.1) is 0 Å². The summed E-state index contributed by atoms with van der Waals surface area (Å²) in [5.41, 5.74) is 0. The Morgan fingerprint density at radius 1 is 0.500 bits per heavy atom. The normalized spacial score (nSPS) is 17.1. The molecule has 0 aliphatic carbocycles. The summed E-state index contributed by atoms with van der Waals surface area (Å²) in [7, 11) is 0. The summed E-state index contributed by atoms with van der Waals surface area (Å²) in [5, 5.41) is 18.4. The summed E-state index contributed by atoms with van der Waals surface area (Å²) in [4.78, 5) is 25.2. The van der Waals surface area contributed by atoms with Crippen LogP contribution in [0.15, 0.2) is 0 Å². The Kier molecular flexibility index (Phi) is 36.4. The van der Waals surface area contributed by atoms with Crippen molar-refractivity contribution in [3.63, 3.8) is 0 Å². The van der Waals surface area contributed by atoms with Gasteiger partial charge in [-0.05, 0) is 70.9 Å². The summed E-state index contributed by atoms with van der Waals surface area (Å²) < 4.78 is 18.5. The SMILES string of the molecule is CCCCCCCCCCCOC(=O)CCCCCN(CCO)CCCCC1OC(CCCCCCCC)C(CCCCCCCCCCCC(=O)O)O1. The van der Waals surface area contributed by atoms with Crippen molar-refractivity contribution < 1.29 is 34.0 Å². The van der Waals surface area contributed by atoms with E-state index in [0.717, 1.165) is 96.6 Å². The lowest BCUT2D eigenvalue weighted by molar-refractivity contribution is -0.144. The van der Waals surface area contributed by atoms with Crippen molar-refractivity contribution in [2.75, 3.05) is 32.8 Å². The number of carbonyl (C=O) groups is 2. The summed E-state index contributed by atoms with van der Waals surface area (Å²) in [6, 6.07) is 0. The smallest absolute Gasteiger partial charge is 0.305 e. The van der Waals surface area contributed by atoms with Gasteiger partial charge in [-0.3, -0.25) is 9.59 Å². The van der Waals surface area contributed by atoms with E-state index in [4.69, 9.17) is 19.3 Å². The Labute approximate surface area is 333 Å². The molecule has 1 rings (SSSR count). The molecular weight excluding hydrogens is 679 g/mol. The summed E-state index contributed by atoms with van der Waals surface area (Å²) in [6.07, 6.45) is 39.0. The van der Waals surface area contributed by atoms with Gasteiger partial charge in [-0.25, -0.2) is 0 Å². The van der Waals surface area contributed by atoms with Crippen molar-refractivity contribution in [3.8, 4) is 0 Å². The molecule has 8 nitrogen and oxygen atoms in total. The summed E-state index contributed by atoms with van der Waals surface area (Å²) in [5.74, 6) is -0.730. The number of ether oxygens (including phenoxy) is 3. The zero-order valence-corrected chi connectivity index (χ0v) is 35.7. The van der Waals surface area contributed by atoms with Crippen LogP contribution in [-0.4, -0.2) is 78.4 Å². The van der Waals surface area contributed by atoms with E-state index in [-0.39, 0.29) is 31.1 Å². The first-order chi connectivity index (χ1) is 26.5. The molecule has 0 spiro atoms. The minimum Gasteiger partial charge on any atom is -0.481 e. The highest BCUT2D eigenvalue weighted by Crippen LogP contribution is 2.30. The molecule has 0 aromatic rings. The lowest BCUT2D eigenvalue weighted by atomic mass is 9.99. The Morgan fingerprint density at radius 3 is 1.41 bits per heavy atom. The molecule has 3 atom stereocenters. The van der Waals surface area contributed by atoms with E-state index < -0.39 is 5.97 Å². The van der Waals surface area contributed by atoms with Gasteiger partial charge in [-0.15, -0.1) is 0 Å². The molecule has 1 aliphatic rings. The molecule has 2 N–H and O–H groups in total. The second kappa shape index (κ2) is 38.6. The first-order valence-corrected chi connectivity index (χ1v) is 23.5. The summed E-state index contributed by atoms with van der Waals surface area (Å²) in [6.45, 7) is 7.90. The van der Waals surface area contributed by atoms with E-state index in [2.05, 4.69) is 18.7 Å². The molecular formula is C46H89NO7. The number of esters is 1. The van der Waals surface area contributed by atoms with E-state index in [1.165, 1.54) is 122 Å². The number of hydrogen-bond donors (Lipinski definition) is 2. The fourth-order valence-electron chi connectivity index (χ4n) is 7.80. The van der Waals surface area contributed by atoms with Crippen LogP contribution in [0.2, 0.25) is 0 Å². The highest BCUT2D eigenvalue weighted by molar-refractivity contribution is 5.69. The van der Waals surface area contributed by atoms with Gasteiger partial charge in [0.25, 0.3) is 0 Å². The fourth-order valence-corrected chi connectivity index (χ4v) is 7.80. The topological polar surface area (TPSA) is 106 Å². The second-order valence-electron chi connectivity index (χ2n) is 16.4.